The lowest BCUT2D eigenvalue weighted by molar-refractivity contribution is -0.384. The van der Waals surface area contributed by atoms with E-state index < -0.39 is 10.8 Å². The Kier molecular flexibility index (Phi) is 6.02. The van der Waals surface area contributed by atoms with Gasteiger partial charge in [-0.15, -0.1) is 0 Å². The molecule has 0 spiro atoms. The molecule has 0 fully saturated rings. The molecule has 0 radical (unpaired) electrons. The highest BCUT2D eigenvalue weighted by molar-refractivity contribution is 7.22. The zero-order valence-electron chi connectivity index (χ0n) is 17.1. The van der Waals surface area contributed by atoms with Crippen LogP contribution in [0.4, 0.5) is 10.8 Å². The van der Waals surface area contributed by atoms with Crippen LogP contribution >= 0.6 is 22.9 Å². The summed E-state index contributed by atoms with van der Waals surface area (Å²) in [6.07, 6.45) is 1.63. The first-order valence-corrected chi connectivity index (χ1v) is 10.7. The Morgan fingerprint density at radius 1 is 1.25 bits per heavy atom. The van der Waals surface area contributed by atoms with Gasteiger partial charge in [-0.3, -0.25) is 24.8 Å². The minimum absolute atomic E-state index is 0.0136. The molecule has 0 bridgehead atoms. The van der Waals surface area contributed by atoms with Crippen molar-refractivity contribution >= 4 is 49.9 Å². The average molecular weight is 469 g/mol. The van der Waals surface area contributed by atoms with Gasteiger partial charge in [0.05, 0.1) is 39.6 Å². The number of nitrogens with zero attached hydrogens (tertiary/aromatic N) is 4. The van der Waals surface area contributed by atoms with Crippen LogP contribution in [0.1, 0.15) is 21.6 Å². The Balaban J connectivity index is 1.86. The molecule has 0 atom stereocenters. The topological polar surface area (TPSA) is 98.5 Å². The summed E-state index contributed by atoms with van der Waals surface area (Å²) < 4.78 is 6.31. The van der Waals surface area contributed by atoms with E-state index in [-0.39, 0.29) is 22.8 Å². The summed E-state index contributed by atoms with van der Waals surface area (Å²) in [6.45, 7) is 2.06. The number of carbonyl (C=O) groups is 1. The van der Waals surface area contributed by atoms with Gasteiger partial charge in [0.25, 0.3) is 11.6 Å². The fourth-order valence-electron chi connectivity index (χ4n) is 3.19. The van der Waals surface area contributed by atoms with Gasteiger partial charge in [0, 0.05) is 18.3 Å². The zero-order chi connectivity index (χ0) is 22.8. The quantitative estimate of drug-likeness (QED) is 0.277. The Bertz CT molecular complexity index is 1330. The molecule has 0 N–H and O–H groups in total. The van der Waals surface area contributed by atoms with Crippen LogP contribution in [-0.2, 0) is 6.54 Å². The number of thiazole rings is 1. The van der Waals surface area contributed by atoms with Crippen molar-refractivity contribution in [1.82, 2.24) is 9.97 Å². The number of methoxy groups -OCH3 is 1. The third-order valence-corrected chi connectivity index (χ3v) is 6.37. The number of amides is 1. The van der Waals surface area contributed by atoms with Crippen molar-refractivity contribution in [3.8, 4) is 5.75 Å². The molecule has 2 aromatic heterocycles. The van der Waals surface area contributed by atoms with Gasteiger partial charge in [-0.2, -0.15) is 0 Å². The van der Waals surface area contributed by atoms with E-state index >= 15 is 0 Å². The summed E-state index contributed by atoms with van der Waals surface area (Å²) in [5.74, 6) is 0.0757. The number of aromatic nitrogens is 2. The van der Waals surface area contributed by atoms with E-state index in [0.717, 1.165) is 10.3 Å². The van der Waals surface area contributed by atoms with Crippen molar-refractivity contribution in [3.05, 3.63) is 86.7 Å². The van der Waals surface area contributed by atoms with E-state index in [1.165, 1.54) is 34.4 Å². The number of aryl methyl sites for hydroxylation is 1. The van der Waals surface area contributed by atoms with E-state index in [1.54, 1.807) is 25.4 Å². The number of non-ortho nitro benzene ring substituents is 1. The van der Waals surface area contributed by atoms with Crippen LogP contribution in [-0.4, -0.2) is 27.9 Å². The number of carbonyl (C=O) groups excluding carboxylic acids is 1. The lowest BCUT2D eigenvalue weighted by Crippen LogP contribution is -2.31. The molecule has 0 saturated carbocycles. The molecule has 2 heterocycles. The molecule has 4 rings (SSSR count). The van der Waals surface area contributed by atoms with Gasteiger partial charge in [0.2, 0.25) is 0 Å². The van der Waals surface area contributed by atoms with Gasteiger partial charge < -0.3 is 4.74 Å². The van der Waals surface area contributed by atoms with Crippen LogP contribution in [0, 0.1) is 17.0 Å². The molecule has 4 aromatic rings. The van der Waals surface area contributed by atoms with E-state index in [0.29, 0.717) is 22.1 Å². The number of pyridine rings is 1. The third kappa shape index (κ3) is 4.12. The van der Waals surface area contributed by atoms with Crippen molar-refractivity contribution in [2.75, 3.05) is 12.0 Å². The van der Waals surface area contributed by atoms with Crippen LogP contribution in [0.3, 0.4) is 0 Å². The van der Waals surface area contributed by atoms with E-state index in [2.05, 4.69) is 9.97 Å². The first-order valence-electron chi connectivity index (χ1n) is 9.49. The smallest absolute Gasteiger partial charge is 0.270 e. The minimum Gasteiger partial charge on any atom is -0.494 e. The third-order valence-electron chi connectivity index (χ3n) is 4.83. The predicted octanol–water partition coefficient (Wildman–Crippen LogP) is 5.42. The number of ether oxygens (including phenoxy) is 1. The lowest BCUT2D eigenvalue weighted by atomic mass is 10.1. The predicted molar refractivity (Wildman–Crippen MR) is 124 cm³/mol. The summed E-state index contributed by atoms with van der Waals surface area (Å²) in [5.41, 5.74) is 2.04. The van der Waals surface area contributed by atoms with Crippen LogP contribution in [0.25, 0.3) is 10.2 Å². The first kappa shape index (κ1) is 21.7. The van der Waals surface area contributed by atoms with Crippen LogP contribution in [0.5, 0.6) is 5.75 Å². The van der Waals surface area contributed by atoms with E-state index in [4.69, 9.17) is 16.3 Å². The molecule has 8 nitrogen and oxygen atoms in total. The highest BCUT2D eigenvalue weighted by Gasteiger charge is 2.26. The molecule has 0 saturated heterocycles. The first-order chi connectivity index (χ1) is 15.4. The maximum atomic E-state index is 13.6. The molecule has 0 aliphatic rings. The molecule has 0 aliphatic carbocycles. The second-order valence-corrected chi connectivity index (χ2v) is 8.28. The Morgan fingerprint density at radius 3 is 2.75 bits per heavy atom. The number of hydrogen-bond donors (Lipinski definition) is 0. The Labute approximate surface area is 192 Å². The SMILES string of the molecule is COc1ccc(C)c2sc(N(Cc3ccccn3)C(=O)c3cc([N+](=O)[O-])ccc3Cl)nc12. The largest absolute Gasteiger partial charge is 0.494 e. The van der Waals surface area contributed by atoms with Crippen LogP contribution in [0.15, 0.2) is 54.7 Å². The monoisotopic (exact) mass is 468 g/mol. The molecule has 0 aliphatic heterocycles. The summed E-state index contributed by atoms with van der Waals surface area (Å²) in [6, 6.07) is 12.9. The standard InChI is InChI=1S/C22H17ClN4O4S/c1-13-6-9-18(31-2)19-20(13)32-22(25-19)26(12-14-5-3-4-10-24-14)21(28)16-11-15(27(29)30)7-8-17(16)23/h3-11H,12H2,1-2H3. The molecular formula is C22H17ClN4O4S. The summed E-state index contributed by atoms with van der Waals surface area (Å²) in [5, 5.41) is 11.8. The number of rotatable bonds is 6. The van der Waals surface area contributed by atoms with Gasteiger partial charge in [-0.05, 0) is 36.8 Å². The van der Waals surface area contributed by atoms with Crippen molar-refractivity contribution in [2.45, 2.75) is 13.5 Å². The molecule has 32 heavy (non-hydrogen) atoms. The molecular weight excluding hydrogens is 452 g/mol. The summed E-state index contributed by atoms with van der Waals surface area (Å²) in [7, 11) is 1.56. The van der Waals surface area contributed by atoms with Gasteiger partial charge in [-0.1, -0.05) is 35.1 Å². The van der Waals surface area contributed by atoms with Gasteiger partial charge in [-0.25, -0.2) is 4.98 Å². The van der Waals surface area contributed by atoms with Gasteiger partial charge in [0.15, 0.2) is 5.13 Å². The fourth-order valence-corrected chi connectivity index (χ4v) is 4.44. The zero-order valence-corrected chi connectivity index (χ0v) is 18.7. The number of benzene rings is 2. The number of nitro groups is 1. The maximum absolute atomic E-state index is 13.6. The number of fused-ring (bicyclic) bond motifs is 1. The Hall–Kier alpha value is -3.56. The molecule has 162 valence electrons. The Morgan fingerprint density at radius 2 is 2.06 bits per heavy atom. The second-order valence-electron chi connectivity index (χ2n) is 6.89. The number of hydrogen-bond acceptors (Lipinski definition) is 7. The molecule has 0 unspecified atom stereocenters. The normalized spacial score (nSPS) is 10.8. The number of anilines is 1. The fraction of sp³-hybridized carbons (Fsp3) is 0.136. The second kappa shape index (κ2) is 8.89. The van der Waals surface area contributed by atoms with E-state index in [1.807, 2.05) is 25.1 Å². The highest BCUT2D eigenvalue weighted by atomic mass is 35.5. The van der Waals surface area contributed by atoms with Crippen molar-refractivity contribution < 1.29 is 14.5 Å². The van der Waals surface area contributed by atoms with Crippen molar-refractivity contribution in [1.29, 1.82) is 0 Å². The van der Waals surface area contributed by atoms with Crippen molar-refractivity contribution in [2.24, 2.45) is 0 Å². The molecule has 10 heteroatoms. The van der Waals surface area contributed by atoms with E-state index in [9.17, 15) is 14.9 Å². The summed E-state index contributed by atoms with van der Waals surface area (Å²) in [4.78, 5) is 34.7. The highest BCUT2D eigenvalue weighted by Crippen LogP contribution is 2.38. The maximum Gasteiger partial charge on any atom is 0.270 e. The van der Waals surface area contributed by atoms with Gasteiger partial charge >= 0.3 is 0 Å². The molecule has 2 aromatic carbocycles. The number of nitro benzene ring substituents is 1. The van der Waals surface area contributed by atoms with Crippen LogP contribution < -0.4 is 9.64 Å². The average Bonchev–Trinajstić information content (AvgIpc) is 3.24. The summed E-state index contributed by atoms with van der Waals surface area (Å²) >= 11 is 7.59. The minimum atomic E-state index is -0.567. The molecule has 1 amide bonds. The van der Waals surface area contributed by atoms with Gasteiger partial charge in [0.1, 0.15) is 11.3 Å². The number of halogens is 1. The van der Waals surface area contributed by atoms with Crippen molar-refractivity contribution in [3.63, 3.8) is 0 Å². The lowest BCUT2D eigenvalue weighted by Gasteiger charge is -2.20. The van der Waals surface area contributed by atoms with Crippen LogP contribution in [0.2, 0.25) is 5.02 Å².